The van der Waals surface area contributed by atoms with Crippen molar-refractivity contribution in [2.24, 2.45) is 5.92 Å². The second-order valence-electron chi connectivity index (χ2n) is 7.50. The third kappa shape index (κ3) is 3.30. The molecule has 0 atom stereocenters. The molecule has 2 heterocycles. The summed E-state index contributed by atoms with van der Waals surface area (Å²) in [6.07, 6.45) is 2.46. The first kappa shape index (κ1) is 17.9. The van der Waals surface area contributed by atoms with Crippen LogP contribution < -0.4 is 4.90 Å². The number of benzene rings is 2. The number of piperidine rings is 1. The van der Waals surface area contributed by atoms with Crippen LogP contribution in [0.25, 0.3) is 22.0 Å². The molecule has 3 aromatic rings. The molecule has 1 saturated heterocycles. The first-order valence-electron chi connectivity index (χ1n) is 9.34. The van der Waals surface area contributed by atoms with Crippen molar-refractivity contribution in [3.8, 4) is 17.0 Å². The van der Waals surface area contributed by atoms with E-state index in [1.165, 1.54) is 25.5 Å². The van der Waals surface area contributed by atoms with E-state index in [0.29, 0.717) is 21.5 Å². The van der Waals surface area contributed by atoms with E-state index < -0.39 is 0 Å². The van der Waals surface area contributed by atoms with E-state index in [2.05, 4.69) is 41.1 Å². The maximum absolute atomic E-state index is 11.9. The molecule has 1 aliphatic heterocycles. The lowest BCUT2D eigenvalue weighted by molar-refractivity contribution is 0.101. The van der Waals surface area contributed by atoms with E-state index >= 15 is 0 Å². The second kappa shape index (κ2) is 6.93. The van der Waals surface area contributed by atoms with Crippen molar-refractivity contribution in [3.63, 3.8) is 0 Å². The summed E-state index contributed by atoms with van der Waals surface area (Å²) in [6.45, 7) is 5.95. The monoisotopic (exact) mass is 382 g/mol. The Morgan fingerprint density at radius 1 is 1.19 bits per heavy atom. The Labute approximate surface area is 163 Å². The molecule has 2 N–H and O–H groups in total. The van der Waals surface area contributed by atoms with Gasteiger partial charge < -0.3 is 15.0 Å². The fourth-order valence-corrected chi connectivity index (χ4v) is 4.17. The van der Waals surface area contributed by atoms with Gasteiger partial charge in [0.1, 0.15) is 0 Å². The molecule has 4 nitrogen and oxygen atoms in total. The van der Waals surface area contributed by atoms with Crippen molar-refractivity contribution in [1.29, 1.82) is 0 Å². The molecule has 140 valence electrons. The Hall–Kier alpha value is -2.46. The van der Waals surface area contributed by atoms with Crippen LogP contribution in [0.15, 0.2) is 36.4 Å². The quantitative estimate of drug-likeness (QED) is 0.577. The molecule has 0 radical (unpaired) electrons. The number of nitrogens with one attached hydrogen (secondary N) is 1. The molecule has 0 amide bonds. The summed E-state index contributed by atoms with van der Waals surface area (Å²) < 4.78 is 0. The number of aromatic amines is 1. The summed E-state index contributed by atoms with van der Waals surface area (Å²) in [5.74, 6) is 0.515. The lowest BCUT2D eigenvalue weighted by Gasteiger charge is -2.32. The number of nitrogens with zero attached hydrogens (tertiary/aromatic N) is 1. The number of halogens is 1. The minimum atomic E-state index is -0.179. The number of carbonyl (C=O) groups excluding carboxylic acids is 1. The van der Waals surface area contributed by atoms with Gasteiger partial charge in [0, 0.05) is 29.7 Å². The van der Waals surface area contributed by atoms with Gasteiger partial charge in [-0.05, 0) is 55.5 Å². The Morgan fingerprint density at radius 2 is 1.85 bits per heavy atom. The maximum Gasteiger partial charge on any atom is 0.200 e. The highest BCUT2D eigenvalue weighted by Crippen LogP contribution is 2.37. The standard InChI is InChI=1S/C22H23ClN2O2/c1-13-7-9-25(10-8-13)16-5-3-15(4-6-16)17-11-18-20(12-19(17)23)24-22(27)21(18)14(2)26/h3-6,11-13,24,27H,7-10H2,1-2H3. The lowest BCUT2D eigenvalue weighted by Crippen LogP contribution is -2.32. The van der Waals surface area contributed by atoms with E-state index in [4.69, 9.17) is 11.6 Å². The number of hydrogen-bond acceptors (Lipinski definition) is 3. The van der Waals surface area contributed by atoms with Gasteiger partial charge in [0.15, 0.2) is 5.78 Å². The molecule has 0 aliphatic carbocycles. The van der Waals surface area contributed by atoms with Crippen molar-refractivity contribution >= 4 is 34.0 Å². The average molecular weight is 383 g/mol. The third-order valence-electron chi connectivity index (χ3n) is 5.55. The lowest BCUT2D eigenvalue weighted by atomic mass is 9.98. The first-order chi connectivity index (χ1) is 12.9. The van der Waals surface area contributed by atoms with E-state index in [0.717, 1.165) is 30.1 Å². The van der Waals surface area contributed by atoms with E-state index in [1.54, 1.807) is 6.07 Å². The zero-order chi connectivity index (χ0) is 19.1. The van der Waals surface area contributed by atoms with Crippen molar-refractivity contribution in [2.75, 3.05) is 18.0 Å². The average Bonchev–Trinajstić information content (AvgIpc) is 2.96. The molecule has 0 spiro atoms. The number of fused-ring (bicyclic) bond motifs is 1. The zero-order valence-electron chi connectivity index (χ0n) is 15.6. The SMILES string of the molecule is CC(=O)c1c(O)[nH]c2cc(Cl)c(-c3ccc(N4CCC(C)CC4)cc3)cc12. The molecule has 0 saturated carbocycles. The van der Waals surface area contributed by atoms with Crippen molar-refractivity contribution in [2.45, 2.75) is 26.7 Å². The van der Waals surface area contributed by atoms with Gasteiger partial charge in [-0.3, -0.25) is 4.79 Å². The van der Waals surface area contributed by atoms with Gasteiger partial charge in [-0.25, -0.2) is 0 Å². The Balaban J connectivity index is 1.70. The van der Waals surface area contributed by atoms with Crippen LogP contribution in [-0.2, 0) is 0 Å². The normalized spacial score (nSPS) is 15.4. The Morgan fingerprint density at radius 3 is 2.48 bits per heavy atom. The minimum absolute atomic E-state index is 0.111. The molecule has 1 fully saturated rings. The van der Waals surface area contributed by atoms with Gasteiger partial charge >= 0.3 is 0 Å². The molecule has 27 heavy (non-hydrogen) atoms. The molecule has 1 aliphatic rings. The number of ketones is 1. The van der Waals surface area contributed by atoms with Crippen molar-refractivity contribution in [1.82, 2.24) is 4.98 Å². The summed E-state index contributed by atoms with van der Waals surface area (Å²) >= 11 is 6.49. The fourth-order valence-electron chi connectivity index (χ4n) is 3.90. The molecular weight excluding hydrogens is 360 g/mol. The van der Waals surface area contributed by atoms with Gasteiger partial charge in [0.2, 0.25) is 5.88 Å². The van der Waals surface area contributed by atoms with Crippen LogP contribution in [0, 0.1) is 5.92 Å². The molecule has 1 aromatic heterocycles. The highest BCUT2D eigenvalue weighted by molar-refractivity contribution is 6.34. The highest BCUT2D eigenvalue weighted by Gasteiger charge is 2.18. The first-order valence-corrected chi connectivity index (χ1v) is 9.72. The topological polar surface area (TPSA) is 56.3 Å². The zero-order valence-corrected chi connectivity index (χ0v) is 16.3. The van der Waals surface area contributed by atoms with Crippen LogP contribution in [0.4, 0.5) is 5.69 Å². The van der Waals surface area contributed by atoms with Crippen molar-refractivity contribution < 1.29 is 9.90 Å². The fraction of sp³-hybridized carbons (Fsp3) is 0.318. The number of anilines is 1. The molecule has 0 bridgehead atoms. The van der Waals surface area contributed by atoms with Crippen LogP contribution in [-0.4, -0.2) is 29.0 Å². The van der Waals surface area contributed by atoms with Gasteiger partial charge in [0.25, 0.3) is 0 Å². The summed E-state index contributed by atoms with van der Waals surface area (Å²) in [7, 11) is 0. The number of Topliss-reactive ketones (excluding diaryl/α,β-unsaturated/α-hetero) is 1. The van der Waals surface area contributed by atoms with E-state index in [9.17, 15) is 9.90 Å². The number of rotatable bonds is 3. The molecular formula is C22H23ClN2O2. The van der Waals surface area contributed by atoms with Gasteiger partial charge in [-0.2, -0.15) is 0 Å². The number of hydrogen-bond donors (Lipinski definition) is 2. The van der Waals surface area contributed by atoms with Crippen LogP contribution in [0.1, 0.15) is 37.0 Å². The second-order valence-corrected chi connectivity index (χ2v) is 7.91. The number of carbonyl (C=O) groups is 1. The molecule has 4 rings (SSSR count). The minimum Gasteiger partial charge on any atom is -0.494 e. The number of H-pyrrole nitrogens is 1. The predicted octanol–water partition coefficient (Wildman–Crippen LogP) is 5.63. The maximum atomic E-state index is 11.9. The van der Waals surface area contributed by atoms with E-state index in [1.807, 2.05) is 6.07 Å². The van der Waals surface area contributed by atoms with Crippen LogP contribution in [0.3, 0.4) is 0 Å². The van der Waals surface area contributed by atoms with Crippen molar-refractivity contribution in [3.05, 3.63) is 47.0 Å². The van der Waals surface area contributed by atoms with Gasteiger partial charge in [0.05, 0.1) is 16.1 Å². The summed E-state index contributed by atoms with van der Waals surface area (Å²) in [4.78, 5) is 17.1. The van der Waals surface area contributed by atoms with Gasteiger partial charge in [-0.1, -0.05) is 30.7 Å². The molecule has 0 unspecified atom stereocenters. The molecule has 5 heteroatoms. The Kier molecular flexibility index (Phi) is 4.60. The van der Waals surface area contributed by atoms with Gasteiger partial charge in [-0.15, -0.1) is 0 Å². The number of aromatic nitrogens is 1. The smallest absolute Gasteiger partial charge is 0.200 e. The number of aromatic hydroxyl groups is 1. The predicted molar refractivity (Wildman–Crippen MR) is 111 cm³/mol. The summed E-state index contributed by atoms with van der Waals surface area (Å²) in [6, 6.07) is 12.0. The van der Waals surface area contributed by atoms with Crippen LogP contribution >= 0.6 is 11.6 Å². The summed E-state index contributed by atoms with van der Waals surface area (Å²) in [5, 5.41) is 11.3. The largest absolute Gasteiger partial charge is 0.494 e. The highest BCUT2D eigenvalue weighted by atomic mass is 35.5. The van der Waals surface area contributed by atoms with Crippen LogP contribution in [0.5, 0.6) is 5.88 Å². The van der Waals surface area contributed by atoms with Crippen LogP contribution in [0.2, 0.25) is 5.02 Å². The van der Waals surface area contributed by atoms with E-state index in [-0.39, 0.29) is 11.7 Å². The third-order valence-corrected chi connectivity index (χ3v) is 5.86. The molecule has 2 aromatic carbocycles. The summed E-state index contributed by atoms with van der Waals surface area (Å²) in [5.41, 5.74) is 4.04. The Bertz CT molecular complexity index is 999.